The third-order valence-electron chi connectivity index (χ3n) is 34.8. The van der Waals surface area contributed by atoms with Crippen molar-refractivity contribution >= 4 is 24.2 Å². The summed E-state index contributed by atoms with van der Waals surface area (Å²) in [5.74, 6) is 19.7. The standard InChI is InChI=1S/C37H66OSi.C36H60OSi.C20H36Si.3C3H8/c1-37(2,3)38-25-15-5-6-16-26-39(4,35-31-21-11-7-17-27(31)28-18-8-12-22-32(28)35)36-33-23-13-9-19-29(33)30-20-10-14-24-34(30)36;1-27-26-33-30(28-16-9-8-10-17-28)20-15-21-32(33)35(27)38(5,25-14-7-6-13-24-37-36(2,3)4)34-23-22-29-18-11-12-19-31(29)34;1-21(2,19-13-11-15-7-3-5-9-17(15)19)20-14-12-16-8-4-6-10-18(16)20;3*1-3-2/h27-36H,5-26H2,1-4H3;8-10,16-17,27,29-35H,6-7,11-15,18-26H2,1-5H3;15-20H,3-14H2,1-2H3;3*3H2,1-2H3/t;27?,29?,30?,31?,32?,33?,34?,35?,38-;;;;/m.0..../s1. The Morgan fingerprint density at radius 1 is 0.308 bits per heavy atom. The van der Waals surface area contributed by atoms with Crippen molar-refractivity contribution in [2.24, 2.45) is 101 Å². The van der Waals surface area contributed by atoms with Crippen LogP contribution in [0.2, 0.25) is 71.5 Å². The van der Waals surface area contributed by atoms with Crippen LogP contribution in [0, 0.1) is 101 Å². The van der Waals surface area contributed by atoms with Crippen LogP contribution in [0.1, 0.15) is 416 Å². The smallest absolute Gasteiger partial charge is 0.0598 e. The largest absolute Gasteiger partial charge is 0.376 e. The zero-order chi connectivity index (χ0) is 76.4. The molecule has 14 aliphatic rings. The van der Waals surface area contributed by atoms with Gasteiger partial charge in [0.25, 0.3) is 0 Å². The third kappa shape index (κ3) is 22.4. The van der Waals surface area contributed by atoms with E-state index in [-0.39, 0.29) is 11.2 Å². The molecular formula is C102H186O2Si3. The van der Waals surface area contributed by atoms with E-state index in [1.165, 1.54) is 137 Å². The second kappa shape index (κ2) is 42.8. The molecule has 0 bridgehead atoms. The summed E-state index contributed by atoms with van der Waals surface area (Å²) in [6.07, 6.45) is 74.8. The predicted molar refractivity (Wildman–Crippen MR) is 479 cm³/mol. The van der Waals surface area contributed by atoms with Gasteiger partial charge in [-0.15, -0.1) is 0 Å². The fourth-order valence-electron chi connectivity index (χ4n) is 31.6. The van der Waals surface area contributed by atoms with E-state index in [0.717, 1.165) is 119 Å². The molecule has 1 aromatic rings. The van der Waals surface area contributed by atoms with Crippen molar-refractivity contribution in [3.8, 4) is 0 Å². The van der Waals surface area contributed by atoms with E-state index in [1.54, 1.807) is 230 Å². The minimum Gasteiger partial charge on any atom is -0.376 e. The van der Waals surface area contributed by atoms with Crippen LogP contribution >= 0.6 is 0 Å². The van der Waals surface area contributed by atoms with Gasteiger partial charge in [0.05, 0.1) is 35.4 Å². The quantitative estimate of drug-likeness (QED) is 0.0902. The Morgan fingerprint density at radius 3 is 1.00 bits per heavy atom. The summed E-state index contributed by atoms with van der Waals surface area (Å²) in [7, 11) is -3.92. The van der Waals surface area contributed by atoms with Gasteiger partial charge in [-0.05, 0) is 238 Å². The van der Waals surface area contributed by atoms with Crippen molar-refractivity contribution in [1.82, 2.24) is 0 Å². The lowest BCUT2D eigenvalue weighted by Gasteiger charge is -2.51. The van der Waals surface area contributed by atoms with Gasteiger partial charge >= 0.3 is 0 Å². The molecule has 0 radical (unpaired) electrons. The van der Waals surface area contributed by atoms with Crippen molar-refractivity contribution < 1.29 is 9.47 Å². The molecule has 2 nitrogen and oxygen atoms in total. The number of rotatable bonds is 21. The van der Waals surface area contributed by atoms with Crippen molar-refractivity contribution in [1.29, 1.82) is 0 Å². The molecule has 618 valence electrons. The van der Waals surface area contributed by atoms with Crippen LogP contribution in [0.4, 0.5) is 0 Å². The molecule has 0 aliphatic heterocycles. The molecule has 14 saturated carbocycles. The van der Waals surface area contributed by atoms with Gasteiger partial charge in [-0.2, -0.15) is 0 Å². The van der Waals surface area contributed by atoms with Crippen molar-refractivity contribution in [3.05, 3.63) is 35.9 Å². The zero-order valence-corrected chi connectivity index (χ0v) is 78.0. The molecule has 22 unspecified atom stereocenters. The maximum absolute atomic E-state index is 6.08. The Balaban J connectivity index is 0.000000168. The fourth-order valence-corrected chi connectivity index (χ4v) is 52.0. The third-order valence-corrected chi connectivity index (χ3v) is 52.6. The molecule has 107 heavy (non-hydrogen) atoms. The van der Waals surface area contributed by atoms with E-state index in [0.29, 0.717) is 0 Å². The molecule has 0 aromatic heterocycles. The Kier molecular flexibility index (Phi) is 35.6. The van der Waals surface area contributed by atoms with Crippen molar-refractivity contribution in [2.75, 3.05) is 13.2 Å². The van der Waals surface area contributed by atoms with Gasteiger partial charge in [0.1, 0.15) is 0 Å². The van der Waals surface area contributed by atoms with Crippen molar-refractivity contribution in [2.45, 2.75) is 493 Å². The van der Waals surface area contributed by atoms with Crippen molar-refractivity contribution in [3.63, 3.8) is 0 Å². The second-order valence-electron chi connectivity index (χ2n) is 44.4. The molecule has 0 heterocycles. The maximum Gasteiger partial charge on any atom is 0.0598 e. The number of fused-ring (bicyclic) bond motifs is 10. The van der Waals surface area contributed by atoms with Crippen LogP contribution in [0.15, 0.2) is 30.3 Å². The average molecular weight is 1530 g/mol. The number of ether oxygens (including phenoxy) is 2. The number of hydrogen-bond donors (Lipinski definition) is 0. The van der Waals surface area contributed by atoms with Crippen LogP contribution in [-0.2, 0) is 9.47 Å². The van der Waals surface area contributed by atoms with Crippen LogP contribution in [-0.4, -0.2) is 48.6 Å². The molecule has 0 spiro atoms. The summed E-state index contributed by atoms with van der Waals surface area (Å²) in [5, 5.41) is 0. The second-order valence-corrected chi connectivity index (χ2v) is 59.3. The number of unbranched alkanes of at least 4 members (excludes halogenated alkanes) is 6. The lowest BCUT2D eigenvalue weighted by molar-refractivity contribution is -0.00508. The van der Waals surface area contributed by atoms with Gasteiger partial charge in [0, 0.05) is 13.2 Å². The van der Waals surface area contributed by atoms with E-state index < -0.39 is 24.2 Å². The van der Waals surface area contributed by atoms with Crippen LogP contribution in [0.5, 0.6) is 0 Å². The monoisotopic (exact) mass is 1530 g/mol. The summed E-state index contributed by atoms with van der Waals surface area (Å²) in [4.78, 5) is 0. The van der Waals surface area contributed by atoms with E-state index >= 15 is 0 Å². The highest BCUT2D eigenvalue weighted by Crippen LogP contribution is 2.72. The Hall–Kier alpha value is -0.209. The average Bonchev–Trinajstić information content (AvgIpc) is 1.56. The van der Waals surface area contributed by atoms with Gasteiger partial charge in [-0.3, -0.25) is 0 Å². The van der Waals surface area contributed by atoms with Gasteiger partial charge in [-0.1, -0.05) is 380 Å². The SMILES string of the molecule is CC(C)(C)OCCCCCC[Si](C)(C1C2CCCCC2C2CCCCC21)C1C2CCCCC2C2CCCCC21.CC1CC2C(c3ccccc3)CCCC2C1[Si@@](C)(CCCCCCOC(C)(C)C)C1CCC2CCCCC21.CCC.CCC.CCC.C[Si](C)(C1CCC2CCCCC21)C1CCC2CCCCC21. The molecular weight excluding hydrogens is 1340 g/mol. The summed E-state index contributed by atoms with van der Waals surface area (Å²) >= 11 is 0. The summed E-state index contributed by atoms with van der Waals surface area (Å²) < 4.78 is 12.1. The lowest BCUT2D eigenvalue weighted by atomic mass is 9.71. The lowest BCUT2D eigenvalue weighted by Crippen LogP contribution is -2.50. The van der Waals surface area contributed by atoms with Crippen LogP contribution in [0.3, 0.4) is 0 Å². The molecule has 14 aliphatic carbocycles. The van der Waals surface area contributed by atoms with Gasteiger partial charge in [-0.25, -0.2) is 0 Å². The molecule has 5 heteroatoms. The molecule has 15 rings (SSSR count). The molecule has 0 amide bonds. The minimum atomic E-state index is -1.45. The van der Waals surface area contributed by atoms with E-state index in [1.807, 2.05) is 0 Å². The highest BCUT2D eigenvalue weighted by atomic mass is 28.3. The Bertz CT molecular complexity index is 2470. The zero-order valence-electron chi connectivity index (χ0n) is 75.0. The van der Waals surface area contributed by atoms with Crippen LogP contribution in [0.25, 0.3) is 0 Å². The number of benzene rings is 1. The molecule has 0 N–H and O–H groups in total. The summed E-state index contributed by atoms with van der Waals surface area (Å²) in [6.45, 7) is 42.3. The van der Waals surface area contributed by atoms with Gasteiger partial charge < -0.3 is 9.47 Å². The van der Waals surface area contributed by atoms with Gasteiger partial charge in [0.15, 0.2) is 0 Å². The van der Waals surface area contributed by atoms with Crippen LogP contribution < -0.4 is 0 Å². The number of hydrogen-bond acceptors (Lipinski definition) is 2. The first kappa shape index (κ1) is 89.1. The minimum absolute atomic E-state index is 0.0112. The Labute approximate surface area is 672 Å². The molecule has 14 fully saturated rings. The summed E-state index contributed by atoms with van der Waals surface area (Å²) in [6, 6.07) is 15.0. The highest BCUT2D eigenvalue weighted by molar-refractivity contribution is 6.82. The maximum atomic E-state index is 6.08. The normalized spacial score (nSPS) is 38.8. The van der Waals surface area contributed by atoms with E-state index in [9.17, 15) is 0 Å². The molecule has 1 aromatic carbocycles. The molecule has 23 atom stereocenters. The molecule has 0 saturated heterocycles. The first-order chi connectivity index (χ1) is 51.6. The van der Waals surface area contributed by atoms with Gasteiger partial charge in [0.2, 0.25) is 0 Å². The topological polar surface area (TPSA) is 18.5 Å². The van der Waals surface area contributed by atoms with E-state index in [2.05, 4.69) is 147 Å². The Morgan fingerprint density at radius 2 is 0.617 bits per heavy atom. The first-order valence-corrected chi connectivity index (χ1v) is 58.8. The summed E-state index contributed by atoms with van der Waals surface area (Å²) in [5.41, 5.74) is 8.70. The van der Waals surface area contributed by atoms with E-state index in [4.69, 9.17) is 9.47 Å². The fraction of sp³-hybridized carbons (Fsp3) is 0.941. The first-order valence-electron chi connectivity index (χ1n) is 49.9. The highest BCUT2D eigenvalue weighted by Gasteiger charge is 2.65. The predicted octanol–water partition coefficient (Wildman–Crippen LogP) is 33.3.